The fraction of sp³-hybridized carbons (Fsp3) is 0.400. The fourth-order valence-electron chi connectivity index (χ4n) is 3.54. The summed E-state index contributed by atoms with van der Waals surface area (Å²) in [7, 11) is 0. The molecule has 0 radical (unpaired) electrons. The quantitative estimate of drug-likeness (QED) is 0.753. The molecule has 0 unspecified atom stereocenters. The minimum atomic E-state index is -0.419. The Balaban J connectivity index is 1.58. The number of aromatic nitrogens is 2. The van der Waals surface area contributed by atoms with E-state index >= 15 is 0 Å². The molecule has 2 amide bonds. The maximum atomic E-state index is 12.6. The van der Waals surface area contributed by atoms with Crippen molar-refractivity contribution >= 4 is 17.6 Å². The van der Waals surface area contributed by atoms with Crippen molar-refractivity contribution in [3.05, 3.63) is 54.1 Å². The van der Waals surface area contributed by atoms with Gasteiger partial charge in [0.25, 0.3) is 0 Å². The number of amides is 2. The summed E-state index contributed by atoms with van der Waals surface area (Å²) < 4.78 is 1.75. The third kappa shape index (κ3) is 4.81. The molecule has 1 fully saturated rings. The summed E-state index contributed by atoms with van der Waals surface area (Å²) in [6.45, 7) is 1.32. The predicted octanol–water partition coefficient (Wildman–Crippen LogP) is 1.74. The van der Waals surface area contributed by atoms with E-state index in [1.54, 1.807) is 34.0 Å². The number of rotatable bonds is 7. The summed E-state index contributed by atoms with van der Waals surface area (Å²) in [5, 5.41) is 0. The van der Waals surface area contributed by atoms with Gasteiger partial charge in [0.1, 0.15) is 12.4 Å². The van der Waals surface area contributed by atoms with Gasteiger partial charge in [-0.15, -0.1) is 0 Å². The van der Waals surface area contributed by atoms with E-state index in [2.05, 4.69) is 4.98 Å². The Morgan fingerprint density at radius 3 is 2.67 bits per heavy atom. The molecule has 2 N–H and O–H groups in total. The number of hydrogen-bond donors (Lipinski definition) is 1. The highest BCUT2D eigenvalue weighted by atomic mass is 16.2. The third-order valence-electron chi connectivity index (χ3n) is 4.87. The number of carbonyl (C=O) groups excluding carboxylic acids is 3. The Kier molecular flexibility index (Phi) is 6.01. The molecule has 0 aliphatic carbocycles. The van der Waals surface area contributed by atoms with Gasteiger partial charge in [0.15, 0.2) is 5.78 Å². The summed E-state index contributed by atoms with van der Waals surface area (Å²) in [4.78, 5) is 42.2. The lowest BCUT2D eigenvalue weighted by atomic mass is 9.96. The maximum Gasteiger partial charge on any atom is 0.237 e. The van der Waals surface area contributed by atoms with Crippen LogP contribution in [0.3, 0.4) is 0 Å². The summed E-state index contributed by atoms with van der Waals surface area (Å²) in [6.07, 6.45) is 5.57. The number of hydrogen-bond acceptors (Lipinski definition) is 4. The molecule has 1 aliphatic heterocycles. The molecule has 3 rings (SSSR count). The molecular weight excluding hydrogens is 344 g/mol. The van der Waals surface area contributed by atoms with Gasteiger partial charge in [-0.2, -0.15) is 0 Å². The summed E-state index contributed by atoms with van der Waals surface area (Å²) in [5.41, 5.74) is 5.92. The van der Waals surface area contributed by atoms with Gasteiger partial charge in [0.05, 0.1) is 0 Å². The molecule has 7 nitrogen and oxygen atoms in total. The lowest BCUT2D eigenvalue weighted by Crippen LogP contribution is -2.40. The van der Waals surface area contributed by atoms with Gasteiger partial charge in [0, 0.05) is 49.8 Å². The number of primary amides is 1. The summed E-state index contributed by atoms with van der Waals surface area (Å²) in [5.74, 6) is 0.400. The van der Waals surface area contributed by atoms with E-state index in [1.807, 2.05) is 18.2 Å². The van der Waals surface area contributed by atoms with Crippen LogP contribution in [0, 0.1) is 0 Å². The average Bonchev–Trinajstić information content (AvgIpc) is 3.14. The number of benzene rings is 1. The number of likely N-dealkylation sites (tertiary alicyclic amines) is 1. The van der Waals surface area contributed by atoms with Gasteiger partial charge in [-0.3, -0.25) is 14.4 Å². The first kappa shape index (κ1) is 18.8. The summed E-state index contributed by atoms with van der Waals surface area (Å²) in [6, 6.07) is 9.03. The molecule has 1 aromatic heterocycles. The van der Waals surface area contributed by atoms with E-state index in [1.165, 1.54) is 0 Å². The van der Waals surface area contributed by atoms with Crippen LogP contribution in [0.1, 0.15) is 47.8 Å². The van der Waals surface area contributed by atoms with Crippen molar-refractivity contribution in [2.75, 3.05) is 13.1 Å². The topological polar surface area (TPSA) is 98.3 Å². The van der Waals surface area contributed by atoms with Crippen molar-refractivity contribution in [2.24, 2.45) is 5.73 Å². The highest BCUT2D eigenvalue weighted by Gasteiger charge is 2.27. The molecule has 142 valence electrons. The van der Waals surface area contributed by atoms with Crippen LogP contribution >= 0.6 is 0 Å². The number of nitrogens with two attached hydrogens (primary N) is 1. The highest BCUT2D eigenvalue weighted by molar-refractivity contribution is 5.97. The Labute approximate surface area is 158 Å². The first-order valence-electron chi connectivity index (χ1n) is 9.20. The molecule has 0 bridgehead atoms. The first-order chi connectivity index (χ1) is 13.0. The number of ketones is 1. The normalized spacial score (nSPS) is 16.9. The van der Waals surface area contributed by atoms with Crippen LogP contribution in [0.4, 0.5) is 0 Å². The molecule has 27 heavy (non-hydrogen) atoms. The van der Waals surface area contributed by atoms with E-state index in [0.717, 1.165) is 18.7 Å². The molecular formula is C20H24N4O3. The van der Waals surface area contributed by atoms with Crippen molar-refractivity contribution in [1.82, 2.24) is 14.5 Å². The van der Waals surface area contributed by atoms with Crippen LogP contribution in [0.25, 0.3) is 0 Å². The molecule has 1 aromatic carbocycles. The minimum Gasteiger partial charge on any atom is -0.368 e. The van der Waals surface area contributed by atoms with Crippen molar-refractivity contribution in [3.8, 4) is 0 Å². The number of Topliss-reactive ketones (excluding diaryl/α,β-unsaturated/α-hetero) is 1. The zero-order chi connectivity index (χ0) is 19.2. The van der Waals surface area contributed by atoms with E-state index in [-0.39, 0.29) is 37.0 Å². The van der Waals surface area contributed by atoms with Crippen LogP contribution in [0.5, 0.6) is 0 Å². The number of piperidine rings is 1. The van der Waals surface area contributed by atoms with Gasteiger partial charge in [-0.05, 0) is 12.8 Å². The molecule has 1 atom stereocenters. The zero-order valence-electron chi connectivity index (χ0n) is 15.2. The zero-order valence-corrected chi connectivity index (χ0v) is 15.2. The monoisotopic (exact) mass is 368 g/mol. The second kappa shape index (κ2) is 8.62. The predicted molar refractivity (Wildman–Crippen MR) is 100.0 cm³/mol. The maximum absolute atomic E-state index is 12.6. The van der Waals surface area contributed by atoms with Crippen LogP contribution in [0.15, 0.2) is 42.7 Å². The number of nitrogens with zero attached hydrogens (tertiary/aromatic N) is 3. The van der Waals surface area contributed by atoms with Crippen LogP contribution in [0.2, 0.25) is 0 Å². The fourth-order valence-corrected chi connectivity index (χ4v) is 3.54. The van der Waals surface area contributed by atoms with Gasteiger partial charge in [0.2, 0.25) is 11.8 Å². The molecule has 1 saturated heterocycles. The SMILES string of the molecule is NC(=O)Cn1ccnc1[C@H]1CCCN(C(=O)CCC(=O)c2ccccc2)C1. The van der Waals surface area contributed by atoms with Crippen LogP contribution < -0.4 is 5.73 Å². The lowest BCUT2D eigenvalue weighted by molar-refractivity contribution is -0.132. The van der Waals surface area contributed by atoms with Gasteiger partial charge in [-0.25, -0.2) is 4.98 Å². The van der Waals surface area contributed by atoms with E-state index in [9.17, 15) is 14.4 Å². The van der Waals surface area contributed by atoms with Gasteiger partial charge >= 0.3 is 0 Å². The van der Waals surface area contributed by atoms with Gasteiger partial charge in [-0.1, -0.05) is 30.3 Å². The molecule has 1 aliphatic rings. The minimum absolute atomic E-state index is 0.0167. The lowest BCUT2D eigenvalue weighted by Gasteiger charge is -2.32. The smallest absolute Gasteiger partial charge is 0.237 e. The van der Waals surface area contributed by atoms with Crippen LogP contribution in [-0.2, 0) is 16.1 Å². The van der Waals surface area contributed by atoms with Crippen molar-refractivity contribution in [2.45, 2.75) is 38.1 Å². The second-order valence-corrected chi connectivity index (χ2v) is 6.85. The second-order valence-electron chi connectivity index (χ2n) is 6.85. The summed E-state index contributed by atoms with van der Waals surface area (Å²) >= 11 is 0. The third-order valence-corrected chi connectivity index (χ3v) is 4.87. The van der Waals surface area contributed by atoms with E-state index < -0.39 is 5.91 Å². The Bertz CT molecular complexity index is 816. The van der Waals surface area contributed by atoms with Crippen molar-refractivity contribution < 1.29 is 14.4 Å². The van der Waals surface area contributed by atoms with E-state index in [0.29, 0.717) is 18.7 Å². The molecule has 0 saturated carbocycles. The first-order valence-corrected chi connectivity index (χ1v) is 9.20. The van der Waals surface area contributed by atoms with Crippen molar-refractivity contribution in [1.29, 1.82) is 0 Å². The van der Waals surface area contributed by atoms with Crippen molar-refractivity contribution in [3.63, 3.8) is 0 Å². The van der Waals surface area contributed by atoms with E-state index in [4.69, 9.17) is 5.73 Å². The Morgan fingerprint density at radius 2 is 1.93 bits per heavy atom. The molecule has 2 heterocycles. The Hall–Kier alpha value is -2.96. The van der Waals surface area contributed by atoms with Gasteiger partial charge < -0.3 is 15.2 Å². The highest BCUT2D eigenvalue weighted by Crippen LogP contribution is 2.26. The largest absolute Gasteiger partial charge is 0.368 e. The number of carbonyl (C=O) groups is 3. The molecule has 0 spiro atoms. The van der Waals surface area contributed by atoms with Crippen LogP contribution in [-0.4, -0.2) is 45.1 Å². The average molecular weight is 368 g/mol. The standard InChI is InChI=1S/C20H24N4O3/c21-18(26)14-24-12-10-22-20(24)16-7-4-11-23(13-16)19(27)9-8-17(25)15-5-2-1-3-6-15/h1-3,5-6,10,12,16H,4,7-9,11,13-14H2,(H2,21,26)/t16-/m0/s1. The number of imidazole rings is 1. The Morgan fingerprint density at radius 1 is 1.15 bits per heavy atom. The molecule has 2 aromatic rings. The molecule has 7 heteroatoms.